The summed E-state index contributed by atoms with van der Waals surface area (Å²) >= 11 is 0. The minimum atomic E-state index is -4.74. The van der Waals surface area contributed by atoms with Gasteiger partial charge >= 0.3 is 6.18 Å². The molecule has 3 rings (SSSR count). The molecule has 1 aromatic heterocycles. The Morgan fingerprint density at radius 1 is 1.22 bits per heavy atom. The molecule has 1 amide bonds. The Balaban J connectivity index is 2.06. The number of nitrogens with one attached hydrogen (secondary N) is 1. The van der Waals surface area contributed by atoms with E-state index in [0.717, 1.165) is 6.20 Å². The molecule has 1 N–H and O–H groups in total. The number of aromatic nitrogens is 2. The number of hydrogen-bond acceptors (Lipinski definition) is 4. The van der Waals surface area contributed by atoms with E-state index in [0.29, 0.717) is 5.56 Å². The molecule has 23 heavy (non-hydrogen) atoms. The van der Waals surface area contributed by atoms with Crippen LogP contribution in [0.3, 0.4) is 0 Å². The Hall–Kier alpha value is -3.21. The van der Waals surface area contributed by atoms with Crippen LogP contribution in [0.5, 0.6) is 0 Å². The zero-order valence-electron chi connectivity index (χ0n) is 11.2. The van der Waals surface area contributed by atoms with Crippen molar-refractivity contribution in [1.82, 2.24) is 9.97 Å². The molecule has 8 heteroatoms. The fraction of sp³-hybridized carbons (Fsp3) is 0.0667. The van der Waals surface area contributed by atoms with Crippen LogP contribution in [0, 0.1) is 12.3 Å². The molecular formula is C15H6F3N3O2. The van der Waals surface area contributed by atoms with Gasteiger partial charge in [0.05, 0.1) is 0 Å². The number of rotatable bonds is 1. The van der Waals surface area contributed by atoms with E-state index >= 15 is 0 Å². The molecule has 0 bridgehead atoms. The number of benzene rings is 1. The van der Waals surface area contributed by atoms with Crippen molar-refractivity contribution in [1.29, 1.82) is 0 Å². The molecule has 0 saturated heterocycles. The van der Waals surface area contributed by atoms with Gasteiger partial charge in [0.15, 0.2) is 0 Å². The predicted molar refractivity (Wildman–Crippen MR) is 73.4 cm³/mol. The number of anilines is 1. The Labute approximate surface area is 127 Å². The Morgan fingerprint density at radius 3 is 2.61 bits per heavy atom. The van der Waals surface area contributed by atoms with Crippen molar-refractivity contribution in [3.8, 4) is 23.5 Å². The summed E-state index contributed by atoms with van der Waals surface area (Å²) in [4.78, 5) is 30.0. The summed E-state index contributed by atoms with van der Waals surface area (Å²) in [6.07, 6.45) is 1.16. The first-order valence-electron chi connectivity index (χ1n) is 6.22. The van der Waals surface area contributed by atoms with Crippen molar-refractivity contribution in [2.24, 2.45) is 0 Å². The molecule has 2 aromatic rings. The van der Waals surface area contributed by atoms with Gasteiger partial charge in [-0.1, -0.05) is 6.07 Å². The highest BCUT2D eigenvalue weighted by Gasteiger charge is 2.38. The molecule has 1 heterocycles. The summed E-state index contributed by atoms with van der Waals surface area (Å²) < 4.78 is 38.0. The van der Waals surface area contributed by atoms with Crippen LogP contribution in [0.1, 0.15) is 21.9 Å². The van der Waals surface area contributed by atoms with Gasteiger partial charge in [-0.2, -0.15) is 13.2 Å². The molecule has 0 atom stereocenters. The molecule has 1 aliphatic rings. The van der Waals surface area contributed by atoms with Crippen molar-refractivity contribution in [2.75, 3.05) is 5.32 Å². The van der Waals surface area contributed by atoms with Crippen LogP contribution < -0.4 is 5.32 Å². The number of fused-ring (bicyclic) bond motifs is 3. The van der Waals surface area contributed by atoms with Crippen LogP contribution in [-0.2, 0) is 11.0 Å². The van der Waals surface area contributed by atoms with Crippen molar-refractivity contribution in [3.63, 3.8) is 0 Å². The van der Waals surface area contributed by atoms with Crippen molar-refractivity contribution in [3.05, 3.63) is 41.5 Å². The highest BCUT2D eigenvalue weighted by Crippen LogP contribution is 2.38. The maximum absolute atomic E-state index is 12.7. The van der Waals surface area contributed by atoms with E-state index in [-0.39, 0.29) is 22.5 Å². The third-order valence-corrected chi connectivity index (χ3v) is 3.20. The normalized spacial score (nSPS) is 12.3. The van der Waals surface area contributed by atoms with Gasteiger partial charge in [0.2, 0.25) is 11.6 Å². The second-order valence-electron chi connectivity index (χ2n) is 4.64. The molecule has 5 nitrogen and oxygen atoms in total. The van der Waals surface area contributed by atoms with Gasteiger partial charge in [-0.3, -0.25) is 9.59 Å². The van der Waals surface area contributed by atoms with Crippen molar-refractivity contribution < 1.29 is 22.8 Å². The van der Waals surface area contributed by atoms with Crippen LogP contribution in [-0.4, -0.2) is 21.7 Å². The van der Waals surface area contributed by atoms with Gasteiger partial charge in [-0.15, -0.1) is 6.42 Å². The van der Waals surface area contributed by atoms with Gasteiger partial charge in [-0.05, 0) is 23.6 Å². The highest BCUT2D eigenvalue weighted by molar-refractivity contribution is 6.21. The van der Waals surface area contributed by atoms with Crippen molar-refractivity contribution >= 4 is 17.4 Å². The number of alkyl halides is 3. The smallest absolute Gasteiger partial charge is 0.315 e. The SMILES string of the molecule is C#CC(=O)Nc1ccc2c(c1)C(=O)c1nc(C(F)(F)F)ncc1-2. The van der Waals surface area contributed by atoms with E-state index in [4.69, 9.17) is 6.42 Å². The number of nitrogens with zero attached hydrogens (tertiary/aromatic N) is 2. The molecule has 0 unspecified atom stereocenters. The van der Waals surface area contributed by atoms with Gasteiger partial charge in [-0.25, -0.2) is 9.97 Å². The largest absolute Gasteiger partial charge is 0.451 e. The Morgan fingerprint density at radius 2 is 1.96 bits per heavy atom. The second-order valence-corrected chi connectivity index (χ2v) is 4.64. The standard InChI is InChI=1S/C15H6F3N3O2/c1-2-11(22)20-7-3-4-8-9(5-7)13(23)12-10(8)6-19-14(21-12)15(16,17)18/h1,3-6H,(H,20,22). The highest BCUT2D eigenvalue weighted by atomic mass is 19.4. The Kier molecular flexibility index (Phi) is 3.14. The lowest BCUT2D eigenvalue weighted by molar-refractivity contribution is -0.145. The number of carbonyl (C=O) groups excluding carboxylic acids is 2. The summed E-state index contributed by atoms with van der Waals surface area (Å²) in [6.45, 7) is 0. The van der Waals surface area contributed by atoms with Gasteiger partial charge in [0, 0.05) is 23.0 Å². The molecule has 1 aliphatic carbocycles. The fourth-order valence-electron chi connectivity index (χ4n) is 2.23. The second kappa shape index (κ2) is 4.91. The molecule has 0 saturated carbocycles. The van der Waals surface area contributed by atoms with E-state index in [1.165, 1.54) is 18.2 Å². The summed E-state index contributed by atoms with van der Waals surface area (Å²) in [5.41, 5.74) is 0.688. The average molecular weight is 317 g/mol. The third-order valence-electron chi connectivity index (χ3n) is 3.20. The van der Waals surface area contributed by atoms with Crippen LogP contribution in [0.2, 0.25) is 0 Å². The Bertz CT molecular complexity index is 898. The molecule has 0 spiro atoms. The predicted octanol–water partition coefficient (Wildman–Crippen LogP) is 2.28. The maximum Gasteiger partial charge on any atom is 0.451 e. The first-order valence-corrected chi connectivity index (χ1v) is 6.22. The van der Waals surface area contributed by atoms with Gasteiger partial charge in [0.1, 0.15) is 5.69 Å². The maximum atomic E-state index is 12.7. The van der Waals surface area contributed by atoms with Crippen LogP contribution in [0.4, 0.5) is 18.9 Å². The summed E-state index contributed by atoms with van der Waals surface area (Å²) in [5, 5.41) is 2.36. The van der Waals surface area contributed by atoms with Crippen LogP contribution in [0.15, 0.2) is 24.4 Å². The molecule has 0 aliphatic heterocycles. The minimum Gasteiger partial charge on any atom is -0.315 e. The lowest BCUT2D eigenvalue weighted by Crippen LogP contribution is -2.13. The quantitative estimate of drug-likeness (QED) is 0.699. The summed E-state index contributed by atoms with van der Waals surface area (Å²) in [7, 11) is 0. The van der Waals surface area contributed by atoms with E-state index in [1.807, 2.05) is 5.92 Å². The number of ketones is 1. The van der Waals surface area contributed by atoms with E-state index in [2.05, 4.69) is 15.3 Å². The lowest BCUT2D eigenvalue weighted by Gasteiger charge is -2.05. The molecule has 1 aromatic carbocycles. The first kappa shape index (κ1) is 14.7. The first-order chi connectivity index (χ1) is 10.8. The number of amides is 1. The molecule has 114 valence electrons. The fourth-order valence-corrected chi connectivity index (χ4v) is 2.23. The number of terminal acetylenes is 1. The van der Waals surface area contributed by atoms with E-state index < -0.39 is 23.7 Å². The minimum absolute atomic E-state index is 0.128. The van der Waals surface area contributed by atoms with Crippen LogP contribution >= 0.6 is 0 Å². The zero-order valence-corrected chi connectivity index (χ0v) is 11.2. The lowest BCUT2D eigenvalue weighted by atomic mass is 10.1. The number of carbonyl (C=O) groups is 2. The van der Waals surface area contributed by atoms with E-state index in [9.17, 15) is 22.8 Å². The number of hydrogen-bond donors (Lipinski definition) is 1. The molecular weight excluding hydrogens is 311 g/mol. The topological polar surface area (TPSA) is 72.0 Å². The molecule has 0 radical (unpaired) electrons. The number of halogens is 3. The third kappa shape index (κ3) is 2.42. The zero-order chi connectivity index (χ0) is 16.8. The van der Waals surface area contributed by atoms with Gasteiger partial charge < -0.3 is 5.32 Å². The van der Waals surface area contributed by atoms with Crippen molar-refractivity contribution in [2.45, 2.75) is 6.18 Å². The monoisotopic (exact) mass is 317 g/mol. The van der Waals surface area contributed by atoms with E-state index in [1.54, 1.807) is 0 Å². The van der Waals surface area contributed by atoms with Gasteiger partial charge in [0.25, 0.3) is 5.91 Å². The molecule has 0 fully saturated rings. The van der Waals surface area contributed by atoms with Crippen LogP contribution in [0.25, 0.3) is 11.1 Å². The average Bonchev–Trinajstić information content (AvgIpc) is 2.79. The summed E-state index contributed by atoms with van der Waals surface area (Å²) in [6, 6.07) is 4.30. The summed E-state index contributed by atoms with van der Waals surface area (Å²) in [5.74, 6) is -0.894.